The summed E-state index contributed by atoms with van der Waals surface area (Å²) in [5, 5.41) is 7.04. The van der Waals surface area contributed by atoms with E-state index in [-0.39, 0.29) is 5.60 Å². The molecule has 2 rings (SSSR count). The molecule has 4 nitrogen and oxygen atoms in total. The zero-order chi connectivity index (χ0) is 12.1. The lowest BCUT2D eigenvalue weighted by Gasteiger charge is -2.25. The van der Waals surface area contributed by atoms with Crippen molar-refractivity contribution in [3.63, 3.8) is 0 Å². The first-order valence-corrected chi connectivity index (χ1v) is 6.89. The topological polar surface area (TPSA) is 42.5 Å². The number of hydrogen-bond acceptors (Lipinski definition) is 4. The molecule has 2 saturated heterocycles. The molecular weight excluding hydrogens is 216 g/mol. The molecule has 0 saturated carbocycles. The summed E-state index contributed by atoms with van der Waals surface area (Å²) in [6.07, 6.45) is 2.38. The molecule has 0 radical (unpaired) electrons. The first-order valence-electron chi connectivity index (χ1n) is 6.89. The Kier molecular flexibility index (Phi) is 4.79. The second-order valence-electron chi connectivity index (χ2n) is 5.49. The standard InChI is InChI=1S/C13H26N2O2/c1-3-15-12-9-16-8-11(12)7-14-10-13(2)5-4-6-17-13/h11-12,14-15H,3-10H2,1-2H3. The predicted molar refractivity (Wildman–Crippen MR) is 68.2 cm³/mol. The minimum atomic E-state index is 0.0626. The second-order valence-corrected chi connectivity index (χ2v) is 5.49. The molecule has 2 heterocycles. The Balaban J connectivity index is 1.67. The number of rotatable bonds is 6. The highest BCUT2D eigenvalue weighted by Crippen LogP contribution is 2.24. The van der Waals surface area contributed by atoms with Crippen LogP contribution in [0.25, 0.3) is 0 Å². The van der Waals surface area contributed by atoms with Crippen LogP contribution in [0.1, 0.15) is 26.7 Å². The van der Waals surface area contributed by atoms with E-state index in [1.807, 2.05) is 0 Å². The van der Waals surface area contributed by atoms with Crippen molar-refractivity contribution in [2.75, 3.05) is 39.5 Å². The number of hydrogen-bond donors (Lipinski definition) is 2. The van der Waals surface area contributed by atoms with Gasteiger partial charge in [0.1, 0.15) is 0 Å². The molecule has 0 aromatic carbocycles. The molecule has 2 aliphatic heterocycles. The summed E-state index contributed by atoms with van der Waals surface area (Å²) in [6, 6.07) is 0.518. The molecule has 2 aliphatic rings. The summed E-state index contributed by atoms with van der Waals surface area (Å²) >= 11 is 0. The molecule has 0 spiro atoms. The first kappa shape index (κ1) is 13.3. The monoisotopic (exact) mass is 242 g/mol. The van der Waals surface area contributed by atoms with Crippen molar-refractivity contribution in [2.24, 2.45) is 5.92 Å². The average Bonchev–Trinajstić information content (AvgIpc) is 2.90. The van der Waals surface area contributed by atoms with Gasteiger partial charge >= 0.3 is 0 Å². The van der Waals surface area contributed by atoms with E-state index in [0.717, 1.165) is 39.5 Å². The molecule has 0 aromatic rings. The van der Waals surface area contributed by atoms with Crippen LogP contribution >= 0.6 is 0 Å². The second kappa shape index (κ2) is 6.14. The molecule has 2 fully saturated rings. The molecule has 2 N–H and O–H groups in total. The van der Waals surface area contributed by atoms with E-state index >= 15 is 0 Å². The summed E-state index contributed by atoms with van der Waals surface area (Å²) in [6.45, 7) is 10.0. The molecule has 3 unspecified atom stereocenters. The van der Waals surface area contributed by atoms with Crippen LogP contribution in [0, 0.1) is 5.92 Å². The Morgan fingerprint density at radius 3 is 2.94 bits per heavy atom. The summed E-state index contributed by atoms with van der Waals surface area (Å²) < 4.78 is 11.3. The van der Waals surface area contributed by atoms with Gasteiger partial charge in [0, 0.05) is 31.7 Å². The van der Waals surface area contributed by atoms with E-state index in [0.29, 0.717) is 12.0 Å². The minimum absolute atomic E-state index is 0.0626. The van der Waals surface area contributed by atoms with Crippen LogP contribution < -0.4 is 10.6 Å². The molecule has 4 heteroatoms. The molecule has 0 bridgehead atoms. The van der Waals surface area contributed by atoms with Crippen LogP contribution in [0.2, 0.25) is 0 Å². The summed E-state index contributed by atoms with van der Waals surface area (Å²) in [7, 11) is 0. The number of ether oxygens (including phenoxy) is 2. The van der Waals surface area contributed by atoms with Crippen LogP contribution in [0.3, 0.4) is 0 Å². The van der Waals surface area contributed by atoms with Crippen molar-refractivity contribution in [3.8, 4) is 0 Å². The first-order chi connectivity index (χ1) is 8.23. The summed E-state index contributed by atoms with van der Waals surface area (Å²) in [4.78, 5) is 0. The van der Waals surface area contributed by atoms with E-state index in [2.05, 4.69) is 24.5 Å². The van der Waals surface area contributed by atoms with Crippen molar-refractivity contribution in [3.05, 3.63) is 0 Å². The minimum Gasteiger partial charge on any atom is -0.379 e. The van der Waals surface area contributed by atoms with Crippen molar-refractivity contribution < 1.29 is 9.47 Å². The summed E-state index contributed by atoms with van der Waals surface area (Å²) in [5.74, 6) is 0.597. The van der Waals surface area contributed by atoms with Gasteiger partial charge < -0.3 is 20.1 Å². The molecule has 3 atom stereocenters. The Labute approximate surface area is 104 Å². The highest BCUT2D eigenvalue weighted by atomic mass is 16.5. The van der Waals surface area contributed by atoms with Crippen molar-refractivity contribution in [2.45, 2.75) is 38.3 Å². The zero-order valence-corrected chi connectivity index (χ0v) is 11.1. The Hall–Kier alpha value is -0.160. The maximum absolute atomic E-state index is 5.77. The Morgan fingerprint density at radius 2 is 2.24 bits per heavy atom. The predicted octanol–water partition coefficient (Wildman–Crippen LogP) is 0.770. The van der Waals surface area contributed by atoms with Gasteiger partial charge in [0.2, 0.25) is 0 Å². The van der Waals surface area contributed by atoms with Gasteiger partial charge in [0.15, 0.2) is 0 Å². The number of likely N-dealkylation sites (N-methyl/N-ethyl adjacent to an activating group) is 1. The third kappa shape index (κ3) is 3.65. The van der Waals surface area contributed by atoms with Gasteiger partial charge in [-0.1, -0.05) is 6.92 Å². The fourth-order valence-corrected chi connectivity index (χ4v) is 2.79. The van der Waals surface area contributed by atoms with Crippen molar-refractivity contribution in [1.82, 2.24) is 10.6 Å². The Morgan fingerprint density at radius 1 is 1.35 bits per heavy atom. The molecule has 0 amide bonds. The van der Waals surface area contributed by atoms with Crippen LogP contribution in [0.5, 0.6) is 0 Å². The fraction of sp³-hybridized carbons (Fsp3) is 1.00. The SMILES string of the molecule is CCNC1COCC1CNCC1(C)CCCO1. The molecule has 0 aliphatic carbocycles. The Bertz CT molecular complexity index is 229. The maximum atomic E-state index is 5.77. The maximum Gasteiger partial charge on any atom is 0.0779 e. The third-order valence-electron chi connectivity index (χ3n) is 3.87. The van der Waals surface area contributed by atoms with Crippen molar-refractivity contribution >= 4 is 0 Å². The van der Waals surface area contributed by atoms with Gasteiger partial charge in [-0.05, 0) is 26.3 Å². The normalized spacial score (nSPS) is 37.8. The lowest BCUT2D eigenvalue weighted by atomic mass is 10.0. The molecule has 17 heavy (non-hydrogen) atoms. The number of nitrogens with one attached hydrogen (secondary N) is 2. The van der Waals surface area contributed by atoms with Gasteiger partial charge in [-0.3, -0.25) is 0 Å². The van der Waals surface area contributed by atoms with Crippen LogP contribution in [0.4, 0.5) is 0 Å². The highest BCUT2D eigenvalue weighted by Gasteiger charge is 2.31. The smallest absolute Gasteiger partial charge is 0.0779 e. The zero-order valence-electron chi connectivity index (χ0n) is 11.1. The molecule has 100 valence electrons. The highest BCUT2D eigenvalue weighted by molar-refractivity contribution is 4.86. The quantitative estimate of drug-likeness (QED) is 0.722. The van der Waals surface area contributed by atoms with Gasteiger partial charge in [-0.25, -0.2) is 0 Å². The summed E-state index contributed by atoms with van der Waals surface area (Å²) in [5.41, 5.74) is 0.0626. The van der Waals surface area contributed by atoms with E-state index < -0.39 is 0 Å². The third-order valence-corrected chi connectivity index (χ3v) is 3.87. The van der Waals surface area contributed by atoms with Crippen molar-refractivity contribution in [1.29, 1.82) is 0 Å². The van der Waals surface area contributed by atoms with Gasteiger partial charge in [-0.2, -0.15) is 0 Å². The van der Waals surface area contributed by atoms with Gasteiger partial charge in [0.25, 0.3) is 0 Å². The average molecular weight is 242 g/mol. The lowest BCUT2D eigenvalue weighted by Crippen LogP contribution is -2.44. The largest absolute Gasteiger partial charge is 0.379 e. The van der Waals surface area contributed by atoms with Crippen LogP contribution in [-0.2, 0) is 9.47 Å². The van der Waals surface area contributed by atoms with E-state index in [4.69, 9.17) is 9.47 Å². The van der Waals surface area contributed by atoms with Gasteiger partial charge in [0.05, 0.1) is 18.8 Å². The van der Waals surface area contributed by atoms with Crippen LogP contribution in [0.15, 0.2) is 0 Å². The van der Waals surface area contributed by atoms with E-state index in [1.54, 1.807) is 0 Å². The van der Waals surface area contributed by atoms with Gasteiger partial charge in [-0.15, -0.1) is 0 Å². The molecular formula is C13H26N2O2. The van der Waals surface area contributed by atoms with Crippen LogP contribution in [-0.4, -0.2) is 51.1 Å². The van der Waals surface area contributed by atoms with E-state index in [1.165, 1.54) is 12.8 Å². The van der Waals surface area contributed by atoms with E-state index in [9.17, 15) is 0 Å². The fourth-order valence-electron chi connectivity index (χ4n) is 2.79. The lowest BCUT2D eigenvalue weighted by molar-refractivity contribution is 0.0201. The molecule has 0 aromatic heterocycles.